The molecule has 0 bridgehead atoms. The number of hydrogen-bond acceptors (Lipinski definition) is 4. The first-order chi connectivity index (χ1) is 15.1. The molecule has 0 unspecified atom stereocenters. The molecule has 7 nitrogen and oxygen atoms in total. The van der Waals surface area contributed by atoms with E-state index in [1.54, 1.807) is 36.0 Å². The summed E-state index contributed by atoms with van der Waals surface area (Å²) in [5.41, 5.74) is 1.83. The van der Waals surface area contributed by atoms with E-state index in [2.05, 4.69) is 36.4 Å². The molecule has 3 heterocycles. The van der Waals surface area contributed by atoms with Crippen molar-refractivity contribution in [3.05, 3.63) is 69.2 Å². The molecule has 0 atom stereocenters. The molecule has 0 spiro atoms. The van der Waals surface area contributed by atoms with E-state index < -0.39 is 17.8 Å². The van der Waals surface area contributed by atoms with Crippen LogP contribution in [0.25, 0.3) is 16.9 Å². The summed E-state index contributed by atoms with van der Waals surface area (Å²) in [5.74, 6) is -0.573. The summed E-state index contributed by atoms with van der Waals surface area (Å²) in [5, 5.41) is 10.8. The highest BCUT2D eigenvalue weighted by Gasteiger charge is 2.36. The van der Waals surface area contributed by atoms with Crippen LogP contribution in [0.3, 0.4) is 0 Å². The maximum atomic E-state index is 13.7. The van der Waals surface area contributed by atoms with Crippen LogP contribution in [0.2, 0.25) is 0 Å². The Hall–Kier alpha value is -3.21. The summed E-state index contributed by atoms with van der Waals surface area (Å²) >= 11 is 3.30. The first-order valence-corrected chi connectivity index (χ1v) is 10.3. The van der Waals surface area contributed by atoms with E-state index in [0.717, 1.165) is 33.7 Å². The number of hydrogen-bond donors (Lipinski definition) is 1. The quantitative estimate of drug-likeness (QED) is 0.443. The normalized spacial score (nSPS) is 11.8. The molecule has 32 heavy (non-hydrogen) atoms. The molecule has 0 fully saturated rings. The maximum Gasteiger partial charge on any atom is 0.433 e. The number of fused-ring (bicyclic) bond motifs is 1. The lowest BCUT2D eigenvalue weighted by atomic mass is 10.1. The highest BCUT2D eigenvalue weighted by Crippen LogP contribution is 2.33. The van der Waals surface area contributed by atoms with Gasteiger partial charge in [-0.25, -0.2) is 9.50 Å². The molecular formula is C21H18BrF3N6O. The Morgan fingerprint density at radius 1 is 1.19 bits per heavy atom. The minimum atomic E-state index is -4.69. The number of nitrogens with zero attached hydrogens (tertiary/aromatic N) is 5. The van der Waals surface area contributed by atoms with Gasteiger partial charge >= 0.3 is 6.18 Å². The molecule has 0 aliphatic rings. The molecule has 0 saturated carbocycles. The largest absolute Gasteiger partial charge is 0.433 e. The summed E-state index contributed by atoms with van der Waals surface area (Å²) in [6.07, 6.45) is -3.59. The lowest BCUT2D eigenvalue weighted by molar-refractivity contribution is -0.142. The van der Waals surface area contributed by atoms with E-state index in [9.17, 15) is 18.0 Å². The second-order valence-corrected chi connectivity index (χ2v) is 8.20. The fourth-order valence-electron chi connectivity index (χ4n) is 3.43. The van der Waals surface area contributed by atoms with Crippen molar-refractivity contribution in [2.75, 3.05) is 0 Å². The molecule has 0 aliphatic carbocycles. The number of aromatic nitrogens is 5. The smallest absolute Gasteiger partial charge is 0.348 e. The Kier molecular flexibility index (Phi) is 5.53. The second-order valence-electron chi connectivity index (χ2n) is 7.28. The van der Waals surface area contributed by atoms with E-state index in [1.807, 2.05) is 13.8 Å². The van der Waals surface area contributed by atoms with Gasteiger partial charge in [0.15, 0.2) is 11.3 Å². The zero-order valence-electron chi connectivity index (χ0n) is 17.3. The zero-order valence-corrected chi connectivity index (χ0v) is 18.9. The number of nitrogens with one attached hydrogen (secondary N) is 1. The number of halogens is 4. The van der Waals surface area contributed by atoms with Gasteiger partial charge in [0.05, 0.1) is 17.6 Å². The maximum absolute atomic E-state index is 13.7. The zero-order chi connectivity index (χ0) is 23.2. The highest BCUT2D eigenvalue weighted by atomic mass is 79.9. The molecule has 1 amide bonds. The molecule has 166 valence electrons. The van der Waals surface area contributed by atoms with Gasteiger partial charge < -0.3 is 5.32 Å². The third-order valence-electron chi connectivity index (χ3n) is 5.23. The van der Waals surface area contributed by atoms with E-state index in [-0.39, 0.29) is 23.4 Å². The van der Waals surface area contributed by atoms with Gasteiger partial charge in [-0.1, -0.05) is 28.1 Å². The lowest BCUT2D eigenvalue weighted by Gasteiger charge is -2.12. The average molecular weight is 507 g/mol. The molecule has 3 aromatic heterocycles. The second kappa shape index (κ2) is 8.05. The highest BCUT2D eigenvalue weighted by molar-refractivity contribution is 9.10. The number of carbonyl (C=O) groups excluding carboxylic acids is 1. The summed E-state index contributed by atoms with van der Waals surface area (Å²) in [7, 11) is 1.80. The van der Waals surface area contributed by atoms with Crippen LogP contribution < -0.4 is 5.32 Å². The van der Waals surface area contributed by atoms with Crippen molar-refractivity contribution < 1.29 is 18.0 Å². The van der Waals surface area contributed by atoms with Crippen LogP contribution in [0.4, 0.5) is 13.2 Å². The summed E-state index contributed by atoms with van der Waals surface area (Å²) < 4.78 is 44.4. The number of aryl methyl sites for hydroxylation is 2. The van der Waals surface area contributed by atoms with E-state index in [0.29, 0.717) is 10.1 Å². The van der Waals surface area contributed by atoms with Crippen molar-refractivity contribution in [1.29, 1.82) is 0 Å². The van der Waals surface area contributed by atoms with Crippen molar-refractivity contribution in [3.63, 3.8) is 0 Å². The van der Waals surface area contributed by atoms with Crippen LogP contribution in [0.15, 0.2) is 41.0 Å². The van der Waals surface area contributed by atoms with Gasteiger partial charge in [0.1, 0.15) is 5.56 Å². The Morgan fingerprint density at radius 2 is 1.88 bits per heavy atom. The number of benzene rings is 1. The van der Waals surface area contributed by atoms with Crippen LogP contribution in [-0.4, -0.2) is 30.3 Å². The van der Waals surface area contributed by atoms with Crippen molar-refractivity contribution in [2.24, 2.45) is 7.05 Å². The minimum Gasteiger partial charge on any atom is -0.348 e. The molecule has 0 aliphatic heterocycles. The SMILES string of the molecule is Cc1nn(C)c(C)c1CNC(=O)c1cnn2c(C(F)(F)F)cc(-c3ccc(Br)cc3)nc12. The molecule has 11 heteroatoms. The fourth-order valence-corrected chi connectivity index (χ4v) is 3.70. The van der Waals surface area contributed by atoms with Crippen molar-refractivity contribution in [3.8, 4) is 11.3 Å². The van der Waals surface area contributed by atoms with Gasteiger partial charge in [0.25, 0.3) is 5.91 Å². The summed E-state index contributed by atoms with van der Waals surface area (Å²) in [6.45, 7) is 3.88. The van der Waals surface area contributed by atoms with Crippen LogP contribution in [0.1, 0.15) is 33.0 Å². The third kappa shape index (κ3) is 3.99. The fraction of sp³-hybridized carbons (Fsp3) is 0.238. The van der Waals surface area contributed by atoms with Crippen LogP contribution in [0.5, 0.6) is 0 Å². The Bertz CT molecular complexity index is 1320. The van der Waals surface area contributed by atoms with E-state index >= 15 is 0 Å². The predicted octanol–water partition coefficient (Wildman–Crippen LogP) is 4.46. The van der Waals surface area contributed by atoms with Gasteiger partial charge in [-0.3, -0.25) is 9.48 Å². The van der Waals surface area contributed by atoms with Gasteiger partial charge in [0.2, 0.25) is 0 Å². The van der Waals surface area contributed by atoms with E-state index in [1.165, 1.54) is 0 Å². The lowest BCUT2D eigenvalue weighted by Crippen LogP contribution is -2.23. The van der Waals surface area contributed by atoms with E-state index in [4.69, 9.17) is 0 Å². The first-order valence-electron chi connectivity index (χ1n) is 9.55. The van der Waals surface area contributed by atoms with Crippen molar-refractivity contribution in [2.45, 2.75) is 26.6 Å². The number of alkyl halides is 3. The first kappa shape index (κ1) is 22.0. The van der Waals surface area contributed by atoms with Gasteiger partial charge in [-0.15, -0.1) is 0 Å². The van der Waals surface area contributed by atoms with Crippen LogP contribution >= 0.6 is 15.9 Å². The Morgan fingerprint density at radius 3 is 2.47 bits per heavy atom. The molecule has 4 rings (SSSR count). The minimum absolute atomic E-state index is 0.0475. The van der Waals surface area contributed by atoms with Gasteiger partial charge in [-0.2, -0.15) is 23.4 Å². The summed E-state index contributed by atoms with van der Waals surface area (Å²) in [4.78, 5) is 17.2. The molecule has 4 aromatic rings. The van der Waals surface area contributed by atoms with Crippen molar-refractivity contribution in [1.82, 2.24) is 29.7 Å². The average Bonchev–Trinajstić information content (AvgIpc) is 3.26. The van der Waals surface area contributed by atoms with Crippen LogP contribution in [-0.2, 0) is 19.8 Å². The molecule has 1 aromatic carbocycles. The summed E-state index contributed by atoms with van der Waals surface area (Å²) in [6, 6.07) is 7.63. The van der Waals surface area contributed by atoms with Crippen molar-refractivity contribution >= 4 is 27.5 Å². The Balaban J connectivity index is 1.75. The standard InChI is InChI=1S/C21H18BrF3N6O/c1-11-15(12(2)30(3)29-11)9-26-20(32)16-10-27-31-18(21(23,24)25)8-17(28-19(16)31)13-4-6-14(22)7-5-13/h4-8,10H,9H2,1-3H3,(H,26,32). The Labute approximate surface area is 189 Å². The molecule has 0 saturated heterocycles. The number of rotatable bonds is 4. The molecule has 0 radical (unpaired) electrons. The molecule has 1 N–H and O–H groups in total. The van der Waals surface area contributed by atoms with Gasteiger partial charge in [0, 0.05) is 34.9 Å². The number of amides is 1. The topological polar surface area (TPSA) is 77.1 Å². The van der Waals surface area contributed by atoms with Crippen LogP contribution in [0, 0.1) is 13.8 Å². The molecular weight excluding hydrogens is 489 g/mol. The number of carbonyl (C=O) groups is 1. The predicted molar refractivity (Wildman–Crippen MR) is 115 cm³/mol. The third-order valence-corrected chi connectivity index (χ3v) is 5.76. The monoisotopic (exact) mass is 506 g/mol. The van der Waals surface area contributed by atoms with Gasteiger partial charge in [-0.05, 0) is 32.0 Å².